The lowest BCUT2D eigenvalue weighted by molar-refractivity contribution is 0.297. The Morgan fingerprint density at radius 3 is 2.55 bits per heavy atom. The van der Waals surface area contributed by atoms with Crippen molar-refractivity contribution in [2.75, 3.05) is 12.8 Å². The predicted octanol–water partition coefficient (Wildman–Crippen LogP) is 4.93. The largest absolute Gasteiger partial charge is 0.496 e. The average Bonchev–Trinajstić information content (AvgIpc) is 2.42. The van der Waals surface area contributed by atoms with E-state index in [9.17, 15) is 0 Å². The van der Waals surface area contributed by atoms with Gasteiger partial charge in [-0.15, -0.1) is 0 Å². The number of hydrogen-bond donors (Lipinski definition) is 1. The number of anilines is 1. The lowest BCUT2D eigenvalue weighted by Gasteiger charge is -2.12. The van der Waals surface area contributed by atoms with E-state index in [0.717, 1.165) is 10.0 Å². The lowest BCUT2D eigenvalue weighted by atomic mass is 10.2. The number of rotatable bonds is 4. The first-order valence-corrected chi connectivity index (χ1v) is 7.26. The fourth-order valence-electron chi connectivity index (χ4n) is 1.65. The van der Waals surface area contributed by atoms with Crippen LogP contribution in [-0.4, -0.2) is 7.11 Å². The van der Waals surface area contributed by atoms with Gasteiger partial charge in [-0.05, 0) is 34.1 Å². The van der Waals surface area contributed by atoms with E-state index in [0.29, 0.717) is 33.8 Å². The summed E-state index contributed by atoms with van der Waals surface area (Å²) in [5.74, 6) is 1.18. The summed E-state index contributed by atoms with van der Waals surface area (Å²) in [7, 11) is 1.59. The third-order valence-corrected chi connectivity index (χ3v) is 4.16. The SMILES string of the molecule is COc1cc(N)ccc1COc1cc(Cl)c(Br)cc1Cl. The van der Waals surface area contributed by atoms with Crippen LogP contribution in [0.4, 0.5) is 5.69 Å². The van der Waals surface area contributed by atoms with Gasteiger partial charge in [0.05, 0.1) is 17.2 Å². The quantitative estimate of drug-likeness (QED) is 0.608. The van der Waals surface area contributed by atoms with Crippen molar-refractivity contribution in [3.05, 3.63) is 50.4 Å². The molecule has 0 unspecified atom stereocenters. The Bertz CT molecular complexity index is 635. The first kappa shape index (κ1) is 15.3. The summed E-state index contributed by atoms with van der Waals surface area (Å²) in [4.78, 5) is 0. The summed E-state index contributed by atoms with van der Waals surface area (Å²) >= 11 is 15.4. The Morgan fingerprint density at radius 1 is 1.10 bits per heavy atom. The molecule has 20 heavy (non-hydrogen) atoms. The van der Waals surface area contributed by atoms with Crippen LogP contribution in [0, 0.1) is 0 Å². The van der Waals surface area contributed by atoms with Crippen LogP contribution in [0.25, 0.3) is 0 Å². The molecule has 0 spiro atoms. The molecule has 0 bridgehead atoms. The summed E-state index contributed by atoms with van der Waals surface area (Å²) in [5.41, 5.74) is 7.21. The molecule has 0 aliphatic heterocycles. The van der Waals surface area contributed by atoms with Gasteiger partial charge in [-0.3, -0.25) is 0 Å². The minimum absolute atomic E-state index is 0.307. The van der Waals surface area contributed by atoms with Gasteiger partial charge in [-0.1, -0.05) is 23.2 Å². The smallest absolute Gasteiger partial charge is 0.139 e. The monoisotopic (exact) mass is 375 g/mol. The standard InChI is InChI=1S/C14H12BrCl2NO2/c1-19-13-4-9(18)3-2-8(13)7-20-14-6-11(16)10(15)5-12(14)17/h2-6H,7,18H2,1H3. The van der Waals surface area contributed by atoms with Crippen molar-refractivity contribution in [1.29, 1.82) is 0 Å². The molecule has 0 aromatic heterocycles. The van der Waals surface area contributed by atoms with Crippen molar-refractivity contribution in [1.82, 2.24) is 0 Å². The Labute approximate surface area is 135 Å². The van der Waals surface area contributed by atoms with E-state index in [-0.39, 0.29) is 0 Å². The van der Waals surface area contributed by atoms with Crippen LogP contribution in [0.1, 0.15) is 5.56 Å². The number of halogens is 3. The molecule has 106 valence electrons. The summed E-state index contributed by atoms with van der Waals surface area (Å²) in [6.07, 6.45) is 0. The first-order valence-electron chi connectivity index (χ1n) is 5.71. The third kappa shape index (κ3) is 3.51. The Morgan fingerprint density at radius 2 is 1.85 bits per heavy atom. The topological polar surface area (TPSA) is 44.5 Å². The molecule has 2 aromatic rings. The molecular weight excluding hydrogens is 365 g/mol. The summed E-state index contributed by atoms with van der Waals surface area (Å²) in [6, 6.07) is 8.74. The van der Waals surface area contributed by atoms with Crippen molar-refractivity contribution >= 4 is 44.8 Å². The van der Waals surface area contributed by atoms with Gasteiger partial charge in [0, 0.05) is 27.9 Å². The van der Waals surface area contributed by atoms with E-state index in [2.05, 4.69) is 15.9 Å². The second kappa shape index (κ2) is 6.57. The maximum absolute atomic E-state index is 6.10. The van der Waals surface area contributed by atoms with Crippen molar-refractivity contribution in [2.24, 2.45) is 0 Å². The minimum Gasteiger partial charge on any atom is -0.496 e. The number of nitrogen functional groups attached to an aromatic ring is 1. The van der Waals surface area contributed by atoms with Gasteiger partial charge in [-0.2, -0.15) is 0 Å². The fraction of sp³-hybridized carbons (Fsp3) is 0.143. The van der Waals surface area contributed by atoms with Crippen LogP contribution >= 0.6 is 39.1 Å². The van der Waals surface area contributed by atoms with Gasteiger partial charge in [0.25, 0.3) is 0 Å². The number of methoxy groups -OCH3 is 1. The lowest BCUT2D eigenvalue weighted by Crippen LogP contribution is -2.00. The van der Waals surface area contributed by atoms with Crippen molar-refractivity contribution < 1.29 is 9.47 Å². The second-order valence-corrected chi connectivity index (χ2v) is 5.73. The molecular formula is C14H12BrCl2NO2. The highest BCUT2D eigenvalue weighted by Gasteiger charge is 2.09. The van der Waals surface area contributed by atoms with Crippen molar-refractivity contribution in [3.8, 4) is 11.5 Å². The molecule has 2 aromatic carbocycles. The van der Waals surface area contributed by atoms with Crippen molar-refractivity contribution in [2.45, 2.75) is 6.61 Å². The Balaban J connectivity index is 2.19. The summed E-state index contributed by atoms with van der Waals surface area (Å²) in [6.45, 7) is 0.307. The molecule has 2 rings (SSSR count). The zero-order chi connectivity index (χ0) is 14.7. The molecule has 0 heterocycles. The number of hydrogen-bond acceptors (Lipinski definition) is 3. The third-order valence-electron chi connectivity index (χ3n) is 2.67. The summed E-state index contributed by atoms with van der Waals surface area (Å²) < 4.78 is 11.7. The van der Waals surface area contributed by atoms with Crippen molar-refractivity contribution in [3.63, 3.8) is 0 Å². The van der Waals surface area contributed by atoms with Crippen LogP contribution in [0.2, 0.25) is 10.0 Å². The molecule has 0 atom stereocenters. The average molecular weight is 377 g/mol. The van der Waals surface area contributed by atoms with E-state index < -0.39 is 0 Å². The molecule has 3 nitrogen and oxygen atoms in total. The molecule has 2 N–H and O–H groups in total. The van der Waals surface area contributed by atoms with Crippen LogP contribution in [0.5, 0.6) is 11.5 Å². The van der Waals surface area contributed by atoms with Gasteiger partial charge in [-0.25, -0.2) is 0 Å². The van der Waals surface area contributed by atoms with Gasteiger partial charge in [0.2, 0.25) is 0 Å². The molecule has 0 fully saturated rings. The number of nitrogens with two attached hydrogens (primary N) is 1. The van der Waals surface area contributed by atoms with Gasteiger partial charge in [0.15, 0.2) is 0 Å². The molecule has 0 amide bonds. The van der Waals surface area contributed by atoms with E-state index in [4.69, 9.17) is 38.4 Å². The van der Waals surface area contributed by atoms with Crippen LogP contribution in [-0.2, 0) is 6.61 Å². The molecule has 0 aliphatic carbocycles. The number of benzene rings is 2. The van der Waals surface area contributed by atoms with Gasteiger partial charge < -0.3 is 15.2 Å². The Hall–Kier alpha value is -1.10. The predicted molar refractivity (Wildman–Crippen MR) is 85.9 cm³/mol. The van der Waals surface area contributed by atoms with Gasteiger partial charge >= 0.3 is 0 Å². The first-order chi connectivity index (χ1) is 9.51. The maximum atomic E-state index is 6.10. The van der Waals surface area contributed by atoms with E-state index in [1.165, 1.54) is 0 Å². The summed E-state index contributed by atoms with van der Waals surface area (Å²) in [5, 5.41) is 1.02. The fourth-order valence-corrected chi connectivity index (χ4v) is 2.50. The van der Waals surface area contributed by atoms with E-state index in [1.807, 2.05) is 6.07 Å². The highest BCUT2D eigenvalue weighted by atomic mass is 79.9. The molecule has 6 heteroatoms. The molecule has 0 saturated carbocycles. The van der Waals surface area contributed by atoms with E-state index >= 15 is 0 Å². The zero-order valence-corrected chi connectivity index (χ0v) is 13.7. The molecule has 0 saturated heterocycles. The Kier molecular flexibility index (Phi) is 5.02. The van der Waals surface area contributed by atoms with E-state index in [1.54, 1.807) is 31.4 Å². The maximum Gasteiger partial charge on any atom is 0.139 e. The highest BCUT2D eigenvalue weighted by molar-refractivity contribution is 9.10. The van der Waals surface area contributed by atoms with Crippen LogP contribution in [0.15, 0.2) is 34.8 Å². The zero-order valence-electron chi connectivity index (χ0n) is 10.6. The normalized spacial score (nSPS) is 10.4. The molecule has 0 radical (unpaired) electrons. The second-order valence-electron chi connectivity index (χ2n) is 4.06. The number of ether oxygens (including phenoxy) is 2. The minimum atomic E-state index is 0.307. The molecule has 0 aliphatic rings. The van der Waals surface area contributed by atoms with Crippen LogP contribution < -0.4 is 15.2 Å². The van der Waals surface area contributed by atoms with Gasteiger partial charge in [0.1, 0.15) is 18.1 Å². The highest BCUT2D eigenvalue weighted by Crippen LogP contribution is 2.35. The van der Waals surface area contributed by atoms with Crippen LogP contribution in [0.3, 0.4) is 0 Å².